The van der Waals surface area contributed by atoms with Crippen LogP contribution in [0.1, 0.15) is 11.4 Å². The number of hydrogen-bond acceptors (Lipinski definition) is 6. The van der Waals surface area contributed by atoms with E-state index in [1.807, 2.05) is 6.92 Å². The first-order chi connectivity index (χ1) is 11.3. The average molecular weight is 348 g/mol. The van der Waals surface area contributed by atoms with Gasteiger partial charge in [0.2, 0.25) is 10.0 Å². The van der Waals surface area contributed by atoms with Crippen molar-refractivity contribution in [3.8, 4) is 0 Å². The van der Waals surface area contributed by atoms with Crippen LogP contribution < -0.4 is 5.76 Å². The van der Waals surface area contributed by atoms with Crippen molar-refractivity contribution >= 4 is 21.1 Å². The van der Waals surface area contributed by atoms with Crippen LogP contribution in [0, 0.1) is 6.92 Å². The van der Waals surface area contributed by atoms with E-state index in [0.29, 0.717) is 11.2 Å². The number of aryl methyl sites for hydroxylation is 1. The van der Waals surface area contributed by atoms with Crippen LogP contribution in [-0.4, -0.2) is 41.4 Å². The van der Waals surface area contributed by atoms with Crippen LogP contribution in [0.25, 0.3) is 11.1 Å². The van der Waals surface area contributed by atoms with E-state index >= 15 is 0 Å². The molecule has 3 rings (SSSR count). The van der Waals surface area contributed by atoms with Gasteiger partial charge in [-0.1, -0.05) is 0 Å². The predicted molar refractivity (Wildman–Crippen MR) is 87.2 cm³/mol. The highest BCUT2D eigenvalue weighted by molar-refractivity contribution is 7.89. The SMILES string of the molecule is Cc1cnc(Cn2c(=O)oc3cc(S(=O)(=O)N(C)C)ccc32)cn1. The summed E-state index contributed by atoms with van der Waals surface area (Å²) in [5, 5.41) is 0. The van der Waals surface area contributed by atoms with Crippen LogP contribution in [0.3, 0.4) is 0 Å². The number of aromatic nitrogens is 3. The van der Waals surface area contributed by atoms with E-state index < -0.39 is 15.8 Å². The van der Waals surface area contributed by atoms with Crippen LogP contribution >= 0.6 is 0 Å². The molecule has 0 spiro atoms. The maximum Gasteiger partial charge on any atom is 0.420 e. The summed E-state index contributed by atoms with van der Waals surface area (Å²) < 4.78 is 32.0. The number of oxazole rings is 1. The monoisotopic (exact) mass is 348 g/mol. The first-order valence-corrected chi connectivity index (χ1v) is 8.56. The topological polar surface area (TPSA) is 98.3 Å². The van der Waals surface area contributed by atoms with Crippen molar-refractivity contribution in [2.75, 3.05) is 14.1 Å². The lowest BCUT2D eigenvalue weighted by Crippen LogP contribution is -2.22. The molecule has 9 heteroatoms. The molecule has 2 heterocycles. The third-order valence-corrected chi connectivity index (χ3v) is 5.38. The highest BCUT2D eigenvalue weighted by Crippen LogP contribution is 2.20. The van der Waals surface area contributed by atoms with E-state index in [9.17, 15) is 13.2 Å². The van der Waals surface area contributed by atoms with Crippen molar-refractivity contribution in [1.82, 2.24) is 18.8 Å². The van der Waals surface area contributed by atoms with Crippen LogP contribution in [0.5, 0.6) is 0 Å². The van der Waals surface area contributed by atoms with Crippen molar-refractivity contribution in [3.63, 3.8) is 0 Å². The lowest BCUT2D eigenvalue weighted by molar-refractivity contribution is 0.512. The number of sulfonamides is 1. The lowest BCUT2D eigenvalue weighted by atomic mass is 10.3. The molecule has 0 bridgehead atoms. The fraction of sp³-hybridized carbons (Fsp3) is 0.267. The summed E-state index contributed by atoms with van der Waals surface area (Å²) in [5.74, 6) is -0.577. The van der Waals surface area contributed by atoms with Gasteiger partial charge in [0.15, 0.2) is 5.58 Å². The van der Waals surface area contributed by atoms with Crippen LogP contribution in [0.15, 0.2) is 44.7 Å². The molecular formula is C15H16N4O4S. The molecule has 0 radical (unpaired) electrons. The maximum atomic E-state index is 12.2. The van der Waals surface area contributed by atoms with Crippen LogP contribution in [0.4, 0.5) is 0 Å². The van der Waals surface area contributed by atoms with Gasteiger partial charge in [-0.3, -0.25) is 14.5 Å². The van der Waals surface area contributed by atoms with Gasteiger partial charge in [0, 0.05) is 26.4 Å². The second kappa shape index (κ2) is 5.84. The molecule has 8 nitrogen and oxygen atoms in total. The van der Waals surface area contributed by atoms with Crippen molar-refractivity contribution in [3.05, 3.63) is 52.5 Å². The molecule has 0 fully saturated rings. The Morgan fingerprint density at radius 1 is 1.21 bits per heavy atom. The maximum absolute atomic E-state index is 12.2. The number of nitrogens with zero attached hydrogens (tertiary/aromatic N) is 4. The first kappa shape index (κ1) is 16.3. The standard InChI is InChI=1S/C15H16N4O4S/c1-10-7-17-11(8-16-10)9-19-13-5-4-12(24(21,22)18(2)3)6-14(13)23-15(19)20/h4-8H,9H2,1-3H3. The highest BCUT2D eigenvalue weighted by Gasteiger charge is 2.20. The first-order valence-electron chi connectivity index (χ1n) is 7.12. The van der Waals surface area contributed by atoms with E-state index in [4.69, 9.17) is 4.42 Å². The van der Waals surface area contributed by atoms with Crippen LogP contribution in [-0.2, 0) is 16.6 Å². The second-order valence-corrected chi connectivity index (χ2v) is 7.67. The van der Waals surface area contributed by atoms with Gasteiger partial charge >= 0.3 is 5.76 Å². The molecule has 0 atom stereocenters. The molecule has 0 amide bonds. The number of rotatable bonds is 4. The average Bonchev–Trinajstić information content (AvgIpc) is 2.84. The molecule has 0 unspecified atom stereocenters. The molecule has 0 saturated carbocycles. The zero-order valence-corrected chi connectivity index (χ0v) is 14.2. The molecule has 2 aromatic heterocycles. The van der Waals surface area contributed by atoms with Gasteiger partial charge in [0.1, 0.15) is 0 Å². The molecule has 0 aliphatic carbocycles. The van der Waals surface area contributed by atoms with Gasteiger partial charge in [0.25, 0.3) is 0 Å². The quantitative estimate of drug-likeness (QED) is 0.697. The van der Waals surface area contributed by atoms with Gasteiger partial charge in [-0.05, 0) is 19.1 Å². The summed E-state index contributed by atoms with van der Waals surface area (Å²) in [6.45, 7) is 2.02. The zero-order chi connectivity index (χ0) is 17.5. The molecule has 0 saturated heterocycles. The largest absolute Gasteiger partial charge is 0.420 e. The normalized spacial score (nSPS) is 12.2. The van der Waals surface area contributed by atoms with Crippen LogP contribution in [0.2, 0.25) is 0 Å². The summed E-state index contributed by atoms with van der Waals surface area (Å²) in [5.41, 5.74) is 2.10. The molecule has 0 aliphatic heterocycles. The van der Waals surface area contributed by atoms with E-state index in [1.54, 1.807) is 18.5 Å². The number of benzene rings is 1. The molecular weight excluding hydrogens is 332 g/mol. The van der Waals surface area contributed by atoms with Crippen molar-refractivity contribution in [2.24, 2.45) is 0 Å². The van der Waals surface area contributed by atoms with E-state index in [1.165, 1.54) is 30.8 Å². The fourth-order valence-electron chi connectivity index (χ4n) is 2.23. The molecule has 24 heavy (non-hydrogen) atoms. The Kier molecular flexibility index (Phi) is 3.98. The predicted octanol–water partition coefficient (Wildman–Crippen LogP) is 0.992. The summed E-state index contributed by atoms with van der Waals surface area (Å²) in [7, 11) is -0.713. The summed E-state index contributed by atoms with van der Waals surface area (Å²) in [4.78, 5) is 20.5. The van der Waals surface area contributed by atoms with Gasteiger partial charge in [-0.2, -0.15) is 0 Å². The van der Waals surface area contributed by atoms with E-state index in [2.05, 4.69) is 9.97 Å². The summed E-state index contributed by atoms with van der Waals surface area (Å²) in [6.07, 6.45) is 3.20. The van der Waals surface area contributed by atoms with Gasteiger partial charge in [-0.15, -0.1) is 0 Å². The number of fused-ring (bicyclic) bond motifs is 1. The van der Waals surface area contributed by atoms with Crippen molar-refractivity contribution in [1.29, 1.82) is 0 Å². The van der Waals surface area contributed by atoms with Crippen molar-refractivity contribution < 1.29 is 12.8 Å². The Morgan fingerprint density at radius 3 is 2.58 bits per heavy atom. The third-order valence-electron chi connectivity index (χ3n) is 3.57. The summed E-state index contributed by atoms with van der Waals surface area (Å²) in [6, 6.07) is 4.35. The second-order valence-electron chi connectivity index (χ2n) is 5.52. The molecule has 126 valence electrons. The van der Waals surface area contributed by atoms with Crippen molar-refractivity contribution in [2.45, 2.75) is 18.4 Å². The lowest BCUT2D eigenvalue weighted by Gasteiger charge is -2.10. The Balaban J connectivity index is 2.06. The molecule has 0 aliphatic rings. The molecule has 3 aromatic rings. The Morgan fingerprint density at radius 2 is 1.96 bits per heavy atom. The van der Waals surface area contributed by atoms with E-state index in [-0.39, 0.29) is 17.0 Å². The Bertz CT molecular complexity index is 1050. The fourth-order valence-corrected chi connectivity index (χ4v) is 3.15. The minimum atomic E-state index is -3.60. The summed E-state index contributed by atoms with van der Waals surface area (Å²) >= 11 is 0. The number of hydrogen-bond donors (Lipinski definition) is 0. The molecule has 0 N–H and O–H groups in total. The van der Waals surface area contributed by atoms with E-state index in [0.717, 1.165) is 10.00 Å². The smallest absolute Gasteiger partial charge is 0.408 e. The highest BCUT2D eigenvalue weighted by atomic mass is 32.2. The Hall–Kier alpha value is -2.52. The Labute approximate surface area is 138 Å². The zero-order valence-electron chi connectivity index (χ0n) is 13.4. The molecule has 1 aromatic carbocycles. The third kappa shape index (κ3) is 2.83. The van der Waals surface area contributed by atoms with Gasteiger partial charge in [0.05, 0.1) is 34.5 Å². The minimum absolute atomic E-state index is 0.0658. The van der Waals surface area contributed by atoms with Gasteiger partial charge in [-0.25, -0.2) is 17.5 Å². The van der Waals surface area contributed by atoms with Gasteiger partial charge < -0.3 is 4.42 Å². The minimum Gasteiger partial charge on any atom is -0.408 e.